The SMILES string of the molecule is Cc1cc(C)n(CCC(=O)N[C@@H](CCC(N)=O)C(=O)O)n1. The van der Waals surface area contributed by atoms with Crippen LogP contribution in [0.2, 0.25) is 0 Å². The quantitative estimate of drug-likeness (QED) is 0.608. The number of carbonyl (C=O) groups excluding carboxylic acids is 2. The summed E-state index contributed by atoms with van der Waals surface area (Å²) >= 11 is 0. The van der Waals surface area contributed by atoms with Crippen LogP contribution in [-0.4, -0.2) is 38.7 Å². The van der Waals surface area contributed by atoms with Crippen LogP contribution in [0.15, 0.2) is 6.07 Å². The zero-order chi connectivity index (χ0) is 16.0. The number of primary amides is 1. The van der Waals surface area contributed by atoms with Crippen molar-refractivity contribution in [1.29, 1.82) is 0 Å². The van der Waals surface area contributed by atoms with Gasteiger partial charge in [-0.25, -0.2) is 4.79 Å². The Labute approximate surface area is 122 Å². The lowest BCUT2D eigenvalue weighted by Crippen LogP contribution is -2.41. The zero-order valence-corrected chi connectivity index (χ0v) is 12.1. The fraction of sp³-hybridized carbons (Fsp3) is 0.538. The minimum absolute atomic E-state index is 0.0175. The Balaban J connectivity index is 2.48. The number of hydrogen-bond acceptors (Lipinski definition) is 4. The molecule has 0 bridgehead atoms. The van der Waals surface area contributed by atoms with Crippen LogP contribution in [0.5, 0.6) is 0 Å². The first-order valence-corrected chi connectivity index (χ1v) is 6.61. The summed E-state index contributed by atoms with van der Waals surface area (Å²) in [4.78, 5) is 33.4. The topological polar surface area (TPSA) is 127 Å². The molecule has 8 nitrogen and oxygen atoms in total. The molecule has 0 saturated heterocycles. The van der Waals surface area contributed by atoms with E-state index in [1.165, 1.54) is 0 Å². The molecule has 1 heterocycles. The van der Waals surface area contributed by atoms with Crippen LogP contribution in [0.4, 0.5) is 0 Å². The van der Waals surface area contributed by atoms with Crippen molar-refractivity contribution < 1.29 is 19.5 Å². The Morgan fingerprint density at radius 3 is 2.52 bits per heavy atom. The van der Waals surface area contributed by atoms with Gasteiger partial charge in [0.1, 0.15) is 6.04 Å². The fourth-order valence-corrected chi connectivity index (χ4v) is 1.92. The Kier molecular flexibility index (Phi) is 5.89. The second-order valence-electron chi connectivity index (χ2n) is 4.86. The molecule has 8 heteroatoms. The summed E-state index contributed by atoms with van der Waals surface area (Å²) in [6.45, 7) is 4.10. The molecule has 116 valence electrons. The lowest BCUT2D eigenvalue weighted by molar-refractivity contribution is -0.142. The van der Waals surface area contributed by atoms with E-state index in [2.05, 4.69) is 10.4 Å². The van der Waals surface area contributed by atoms with E-state index in [1.54, 1.807) is 4.68 Å². The molecule has 1 aromatic heterocycles. The van der Waals surface area contributed by atoms with Crippen LogP contribution >= 0.6 is 0 Å². The van der Waals surface area contributed by atoms with E-state index in [1.807, 2.05) is 19.9 Å². The van der Waals surface area contributed by atoms with Crippen LogP contribution in [0, 0.1) is 13.8 Å². The number of hydrogen-bond donors (Lipinski definition) is 3. The Morgan fingerprint density at radius 2 is 2.05 bits per heavy atom. The van der Waals surface area contributed by atoms with Gasteiger partial charge in [0.05, 0.1) is 5.69 Å². The van der Waals surface area contributed by atoms with Crippen molar-refractivity contribution in [3.63, 3.8) is 0 Å². The average molecular weight is 296 g/mol. The number of rotatable bonds is 8. The summed E-state index contributed by atoms with van der Waals surface area (Å²) in [5, 5.41) is 15.6. The number of aliphatic carboxylic acids is 1. The van der Waals surface area contributed by atoms with Crippen molar-refractivity contribution in [3.8, 4) is 0 Å². The smallest absolute Gasteiger partial charge is 0.326 e. The van der Waals surface area contributed by atoms with Crippen molar-refractivity contribution >= 4 is 17.8 Å². The van der Waals surface area contributed by atoms with Crippen LogP contribution in [0.25, 0.3) is 0 Å². The molecule has 2 amide bonds. The van der Waals surface area contributed by atoms with Gasteiger partial charge in [0, 0.05) is 25.1 Å². The van der Waals surface area contributed by atoms with Gasteiger partial charge in [-0.1, -0.05) is 0 Å². The van der Waals surface area contributed by atoms with E-state index in [0.717, 1.165) is 11.4 Å². The van der Waals surface area contributed by atoms with Crippen molar-refractivity contribution in [2.24, 2.45) is 5.73 Å². The minimum atomic E-state index is -1.18. The Morgan fingerprint density at radius 1 is 1.38 bits per heavy atom. The number of nitrogens with one attached hydrogen (secondary N) is 1. The largest absolute Gasteiger partial charge is 0.480 e. The number of nitrogens with two attached hydrogens (primary N) is 1. The predicted octanol–water partition coefficient (Wildman–Crippen LogP) is -0.275. The maximum Gasteiger partial charge on any atom is 0.326 e. The molecule has 0 aromatic carbocycles. The molecule has 21 heavy (non-hydrogen) atoms. The molecule has 1 aromatic rings. The van der Waals surface area contributed by atoms with Crippen molar-refractivity contribution in [3.05, 3.63) is 17.5 Å². The van der Waals surface area contributed by atoms with Crippen LogP contribution < -0.4 is 11.1 Å². The third kappa shape index (κ3) is 5.64. The summed E-state index contributed by atoms with van der Waals surface area (Å²) in [6, 6.07) is 0.788. The summed E-state index contributed by atoms with van der Waals surface area (Å²) in [5.41, 5.74) is 6.76. The molecule has 0 unspecified atom stereocenters. The lowest BCUT2D eigenvalue weighted by Gasteiger charge is -2.13. The first-order valence-electron chi connectivity index (χ1n) is 6.61. The highest BCUT2D eigenvalue weighted by atomic mass is 16.4. The van der Waals surface area contributed by atoms with Gasteiger partial charge < -0.3 is 16.2 Å². The molecular formula is C13H20N4O4. The average Bonchev–Trinajstić information content (AvgIpc) is 2.69. The van der Waals surface area contributed by atoms with Gasteiger partial charge in [-0.15, -0.1) is 0 Å². The van der Waals surface area contributed by atoms with Crippen molar-refractivity contribution in [2.75, 3.05) is 0 Å². The maximum absolute atomic E-state index is 11.8. The highest BCUT2D eigenvalue weighted by Crippen LogP contribution is 2.03. The molecule has 0 fully saturated rings. The number of amides is 2. The molecule has 0 aliphatic heterocycles. The summed E-state index contributed by atoms with van der Waals surface area (Å²) < 4.78 is 1.69. The van der Waals surface area contributed by atoms with E-state index in [0.29, 0.717) is 6.54 Å². The molecule has 0 spiro atoms. The maximum atomic E-state index is 11.8. The van der Waals surface area contributed by atoms with Gasteiger partial charge in [-0.05, 0) is 26.3 Å². The lowest BCUT2D eigenvalue weighted by atomic mass is 10.1. The number of carboxylic acids is 1. The molecular weight excluding hydrogens is 276 g/mol. The minimum Gasteiger partial charge on any atom is -0.480 e. The molecule has 1 rings (SSSR count). The molecule has 0 saturated carbocycles. The third-order valence-electron chi connectivity index (χ3n) is 2.97. The second kappa shape index (κ2) is 7.41. The molecule has 1 atom stereocenters. The highest BCUT2D eigenvalue weighted by Gasteiger charge is 2.20. The summed E-state index contributed by atoms with van der Waals surface area (Å²) in [7, 11) is 0. The Hall–Kier alpha value is -2.38. The normalized spacial score (nSPS) is 11.9. The molecule has 0 aliphatic rings. The number of nitrogens with zero attached hydrogens (tertiary/aromatic N) is 2. The van der Waals surface area contributed by atoms with E-state index >= 15 is 0 Å². The molecule has 0 radical (unpaired) electrons. The van der Waals surface area contributed by atoms with Crippen LogP contribution in [0.1, 0.15) is 30.7 Å². The number of carboxylic acid groups (broad SMARTS) is 1. The molecule has 4 N–H and O–H groups in total. The van der Waals surface area contributed by atoms with Crippen molar-refractivity contribution in [2.45, 2.75) is 45.7 Å². The standard InChI is InChI=1S/C13H20N4O4/c1-8-7-9(2)17(16-8)6-5-12(19)15-10(13(20)21)3-4-11(14)18/h7,10H,3-6H2,1-2H3,(H2,14,18)(H,15,19)(H,20,21)/t10-/m0/s1. The Bertz CT molecular complexity index is 538. The highest BCUT2D eigenvalue weighted by molar-refractivity contribution is 5.84. The van der Waals surface area contributed by atoms with Crippen LogP contribution in [0.3, 0.4) is 0 Å². The van der Waals surface area contributed by atoms with Gasteiger partial charge in [-0.2, -0.15) is 5.10 Å². The first-order chi connectivity index (χ1) is 9.79. The van der Waals surface area contributed by atoms with E-state index in [4.69, 9.17) is 10.8 Å². The predicted molar refractivity (Wildman–Crippen MR) is 74.3 cm³/mol. The van der Waals surface area contributed by atoms with Gasteiger partial charge >= 0.3 is 5.97 Å². The van der Waals surface area contributed by atoms with E-state index in [9.17, 15) is 14.4 Å². The van der Waals surface area contributed by atoms with Gasteiger partial charge in [0.15, 0.2) is 0 Å². The van der Waals surface area contributed by atoms with E-state index < -0.39 is 23.8 Å². The van der Waals surface area contributed by atoms with Gasteiger partial charge in [0.2, 0.25) is 11.8 Å². The fourth-order valence-electron chi connectivity index (χ4n) is 1.92. The number of carbonyl (C=O) groups is 3. The van der Waals surface area contributed by atoms with Crippen molar-refractivity contribution in [1.82, 2.24) is 15.1 Å². The molecule has 0 aliphatic carbocycles. The monoisotopic (exact) mass is 296 g/mol. The van der Waals surface area contributed by atoms with E-state index in [-0.39, 0.29) is 19.3 Å². The number of aryl methyl sites for hydroxylation is 3. The second-order valence-corrected chi connectivity index (χ2v) is 4.86. The summed E-state index contributed by atoms with van der Waals surface area (Å²) in [5.74, 6) is -2.19. The number of aromatic nitrogens is 2. The first kappa shape index (κ1) is 16.7. The van der Waals surface area contributed by atoms with Gasteiger partial charge in [-0.3, -0.25) is 14.3 Å². The zero-order valence-electron chi connectivity index (χ0n) is 12.1. The summed E-state index contributed by atoms with van der Waals surface area (Å²) in [6.07, 6.45) is 0.00727. The third-order valence-corrected chi connectivity index (χ3v) is 2.97. The van der Waals surface area contributed by atoms with Gasteiger partial charge in [0.25, 0.3) is 0 Å². The van der Waals surface area contributed by atoms with Crippen LogP contribution in [-0.2, 0) is 20.9 Å².